The number of nitro benzene ring substituents is 1. The standard InChI is InChI=1S/C14H17FN2O4/c1-8-6-10(11(17(20)21)7-9(8)15)16-12-4-3-5-14(12,2)13(18)19/h6-7,12,16H,3-5H2,1-2H3,(H,18,19). The predicted molar refractivity (Wildman–Crippen MR) is 74.8 cm³/mol. The number of nitrogens with zero attached hydrogens (tertiary/aromatic N) is 1. The number of halogens is 1. The van der Waals surface area contributed by atoms with Gasteiger partial charge in [-0.3, -0.25) is 14.9 Å². The van der Waals surface area contributed by atoms with Gasteiger partial charge in [0.1, 0.15) is 11.5 Å². The van der Waals surface area contributed by atoms with Gasteiger partial charge < -0.3 is 10.4 Å². The number of hydrogen-bond donors (Lipinski definition) is 2. The van der Waals surface area contributed by atoms with Crippen LogP contribution in [0.2, 0.25) is 0 Å². The molecule has 2 atom stereocenters. The number of aliphatic carboxylic acids is 1. The highest BCUT2D eigenvalue weighted by Gasteiger charge is 2.45. The van der Waals surface area contributed by atoms with Gasteiger partial charge in [-0.1, -0.05) is 6.42 Å². The third-order valence-electron chi connectivity index (χ3n) is 4.25. The van der Waals surface area contributed by atoms with Gasteiger partial charge >= 0.3 is 5.97 Å². The fourth-order valence-electron chi connectivity index (χ4n) is 2.78. The van der Waals surface area contributed by atoms with Crippen molar-refractivity contribution in [2.24, 2.45) is 5.41 Å². The summed E-state index contributed by atoms with van der Waals surface area (Å²) in [7, 11) is 0. The highest BCUT2D eigenvalue weighted by Crippen LogP contribution is 2.41. The molecule has 2 unspecified atom stereocenters. The second-order valence-electron chi connectivity index (χ2n) is 5.69. The molecule has 0 aromatic heterocycles. The summed E-state index contributed by atoms with van der Waals surface area (Å²) in [5.41, 5.74) is -0.912. The summed E-state index contributed by atoms with van der Waals surface area (Å²) in [6.45, 7) is 3.14. The number of carbonyl (C=O) groups is 1. The van der Waals surface area contributed by atoms with Crippen molar-refractivity contribution < 1.29 is 19.2 Å². The molecule has 1 aliphatic carbocycles. The molecule has 7 heteroatoms. The van der Waals surface area contributed by atoms with Crippen molar-refractivity contribution >= 4 is 17.3 Å². The fourth-order valence-corrected chi connectivity index (χ4v) is 2.78. The smallest absolute Gasteiger partial charge is 0.311 e. The lowest BCUT2D eigenvalue weighted by Gasteiger charge is -2.28. The van der Waals surface area contributed by atoms with Crippen LogP contribution in [0.4, 0.5) is 15.8 Å². The number of aryl methyl sites for hydroxylation is 1. The van der Waals surface area contributed by atoms with Crippen LogP contribution in [0, 0.1) is 28.3 Å². The molecule has 1 saturated carbocycles. The maximum atomic E-state index is 13.5. The normalized spacial score (nSPS) is 24.8. The van der Waals surface area contributed by atoms with E-state index in [1.165, 1.54) is 13.0 Å². The minimum absolute atomic E-state index is 0.165. The predicted octanol–water partition coefficient (Wildman–Crippen LogP) is 3.10. The third-order valence-corrected chi connectivity index (χ3v) is 4.25. The first-order chi connectivity index (χ1) is 9.75. The molecule has 0 saturated heterocycles. The molecule has 1 aromatic carbocycles. The van der Waals surface area contributed by atoms with Crippen LogP contribution >= 0.6 is 0 Å². The quantitative estimate of drug-likeness (QED) is 0.658. The van der Waals surface area contributed by atoms with Crippen molar-refractivity contribution in [1.29, 1.82) is 0 Å². The first-order valence-corrected chi connectivity index (χ1v) is 6.70. The van der Waals surface area contributed by atoms with Crippen LogP contribution in [-0.2, 0) is 4.79 Å². The Hall–Kier alpha value is -2.18. The molecule has 1 fully saturated rings. The van der Waals surface area contributed by atoms with E-state index in [1.54, 1.807) is 6.92 Å². The van der Waals surface area contributed by atoms with E-state index in [-0.39, 0.29) is 16.9 Å². The van der Waals surface area contributed by atoms with E-state index in [1.807, 2.05) is 0 Å². The topological polar surface area (TPSA) is 92.5 Å². The third kappa shape index (κ3) is 2.68. The monoisotopic (exact) mass is 296 g/mol. The lowest BCUT2D eigenvalue weighted by atomic mass is 9.84. The number of carboxylic acid groups (broad SMARTS) is 1. The number of anilines is 1. The van der Waals surface area contributed by atoms with Gasteiger partial charge in [0.2, 0.25) is 0 Å². The number of nitrogens with one attached hydrogen (secondary N) is 1. The zero-order valence-corrected chi connectivity index (χ0v) is 11.9. The molecule has 2 N–H and O–H groups in total. The molecule has 1 aliphatic rings. The maximum absolute atomic E-state index is 13.5. The zero-order chi connectivity index (χ0) is 15.8. The van der Waals surface area contributed by atoms with E-state index in [0.717, 1.165) is 12.5 Å². The summed E-state index contributed by atoms with van der Waals surface area (Å²) in [6, 6.07) is 1.80. The zero-order valence-electron chi connectivity index (χ0n) is 11.9. The molecule has 21 heavy (non-hydrogen) atoms. The fraction of sp³-hybridized carbons (Fsp3) is 0.500. The van der Waals surface area contributed by atoms with Crippen molar-refractivity contribution in [1.82, 2.24) is 0 Å². The second-order valence-corrected chi connectivity index (χ2v) is 5.69. The minimum Gasteiger partial charge on any atom is -0.481 e. The Bertz CT molecular complexity index is 605. The maximum Gasteiger partial charge on any atom is 0.311 e. The molecule has 114 valence electrons. The Kier molecular flexibility index (Phi) is 3.85. The van der Waals surface area contributed by atoms with Gasteiger partial charge in [-0.15, -0.1) is 0 Å². The van der Waals surface area contributed by atoms with Crippen LogP contribution in [0.15, 0.2) is 12.1 Å². The number of nitro groups is 1. The van der Waals surface area contributed by atoms with Crippen molar-refractivity contribution in [3.8, 4) is 0 Å². The van der Waals surface area contributed by atoms with Gasteiger partial charge in [-0.2, -0.15) is 0 Å². The average molecular weight is 296 g/mol. The Morgan fingerprint density at radius 1 is 1.57 bits per heavy atom. The molecule has 0 heterocycles. The van der Waals surface area contributed by atoms with Crippen LogP contribution in [0.1, 0.15) is 31.7 Å². The van der Waals surface area contributed by atoms with E-state index in [0.29, 0.717) is 12.8 Å². The first kappa shape index (κ1) is 15.2. The Balaban J connectivity index is 2.37. The highest BCUT2D eigenvalue weighted by molar-refractivity contribution is 5.77. The summed E-state index contributed by atoms with van der Waals surface area (Å²) in [5.74, 6) is -1.58. The largest absolute Gasteiger partial charge is 0.481 e. The summed E-state index contributed by atoms with van der Waals surface area (Å²) in [5, 5.41) is 23.3. The van der Waals surface area contributed by atoms with E-state index < -0.39 is 28.2 Å². The Morgan fingerprint density at radius 2 is 2.24 bits per heavy atom. The Morgan fingerprint density at radius 3 is 2.81 bits per heavy atom. The lowest BCUT2D eigenvalue weighted by Crippen LogP contribution is -2.40. The number of benzene rings is 1. The van der Waals surface area contributed by atoms with Gasteiger partial charge in [0, 0.05) is 6.04 Å². The molecular formula is C14H17FN2O4. The summed E-state index contributed by atoms with van der Waals surface area (Å²) in [4.78, 5) is 21.8. The van der Waals surface area contributed by atoms with Gasteiger partial charge in [-0.25, -0.2) is 4.39 Å². The Labute approximate surface area is 121 Å². The van der Waals surface area contributed by atoms with Gasteiger partial charge in [0.15, 0.2) is 0 Å². The molecule has 0 aliphatic heterocycles. The average Bonchev–Trinajstić information content (AvgIpc) is 2.76. The molecule has 0 spiro atoms. The first-order valence-electron chi connectivity index (χ1n) is 6.70. The lowest BCUT2D eigenvalue weighted by molar-refractivity contribution is -0.384. The van der Waals surface area contributed by atoms with Gasteiger partial charge in [0.25, 0.3) is 5.69 Å². The van der Waals surface area contributed by atoms with E-state index >= 15 is 0 Å². The molecule has 6 nitrogen and oxygen atoms in total. The molecule has 0 bridgehead atoms. The number of hydrogen-bond acceptors (Lipinski definition) is 4. The van der Waals surface area contributed by atoms with Gasteiger partial charge in [-0.05, 0) is 38.3 Å². The molecule has 0 amide bonds. The van der Waals surface area contributed by atoms with E-state index in [4.69, 9.17) is 0 Å². The summed E-state index contributed by atoms with van der Waals surface area (Å²) < 4.78 is 13.5. The van der Waals surface area contributed by atoms with Crippen molar-refractivity contribution in [3.63, 3.8) is 0 Å². The van der Waals surface area contributed by atoms with Crippen LogP contribution in [0.5, 0.6) is 0 Å². The van der Waals surface area contributed by atoms with E-state index in [9.17, 15) is 24.4 Å². The highest BCUT2D eigenvalue weighted by atomic mass is 19.1. The van der Waals surface area contributed by atoms with Crippen LogP contribution in [0.25, 0.3) is 0 Å². The van der Waals surface area contributed by atoms with Crippen molar-refractivity contribution in [2.45, 2.75) is 39.2 Å². The van der Waals surface area contributed by atoms with Crippen LogP contribution in [-0.4, -0.2) is 22.0 Å². The van der Waals surface area contributed by atoms with Crippen LogP contribution in [0.3, 0.4) is 0 Å². The summed E-state index contributed by atoms with van der Waals surface area (Å²) >= 11 is 0. The van der Waals surface area contributed by atoms with Crippen LogP contribution < -0.4 is 5.32 Å². The van der Waals surface area contributed by atoms with E-state index in [2.05, 4.69) is 5.32 Å². The van der Waals surface area contributed by atoms with Crippen molar-refractivity contribution in [2.75, 3.05) is 5.32 Å². The number of rotatable bonds is 4. The molecule has 0 radical (unpaired) electrons. The van der Waals surface area contributed by atoms with Gasteiger partial charge in [0.05, 0.1) is 16.4 Å². The molecular weight excluding hydrogens is 279 g/mol. The summed E-state index contributed by atoms with van der Waals surface area (Å²) in [6.07, 6.45) is 1.85. The second kappa shape index (κ2) is 5.31. The van der Waals surface area contributed by atoms with Crippen molar-refractivity contribution in [3.05, 3.63) is 33.6 Å². The number of carboxylic acids is 1. The minimum atomic E-state index is -0.976. The molecule has 2 rings (SSSR count). The molecule has 1 aromatic rings. The SMILES string of the molecule is Cc1cc(NC2CCCC2(C)C(=O)O)c([N+](=O)[O-])cc1F.